The molecule has 1 heterocycles. The summed E-state index contributed by atoms with van der Waals surface area (Å²) in [6.45, 7) is 3.35. The number of aryl methyl sites for hydroxylation is 1. The second-order valence-electron chi connectivity index (χ2n) is 6.50. The molecular formula is C17H23N5O4. The second kappa shape index (κ2) is 8.47. The molecule has 140 valence electrons. The van der Waals surface area contributed by atoms with Crippen molar-refractivity contribution in [2.75, 3.05) is 0 Å². The molecule has 1 fully saturated rings. The van der Waals surface area contributed by atoms with Crippen molar-refractivity contribution < 1.29 is 9.59 Å². The van der Waals surface area contributed by atoms with Crippen molar-refractivity contribution in [3.63, 3.8) is 0 Å². The van der Waals surface area contributed by atoms with Crippen LogP contribution < -0.4 is 21.9 Å². The van der Waals surface area contributed by atoms with Crippen molar-refractivity contribution in [1.82, 2.24) is 19.8 Å². The van der Waals surface area contributed by atoms with Crippen LogP contribution in [0.5, 0.6) is 0 Å². The highest BCUT2D eigenvalue weighted by Crippen LogP contribution is 2.23. The number of carbonyl (C=O) groups is 2. The van der Waals surface area contributed by atoms with Crippen LogP contribution in [0.1, 0.15) is 45.1 Å². The van der Waals surface area contributed by atoms with Crippen LogP contribution >= 0.6 is 0 Å². The number of nitrogens with one attached hydrogen (secondary N) is 2. The molecule has 0 radical (unpaired) electrons. The van der Waals surface area contributed by atoms with Gasteiger partial charge in [0.1, 0.15) is 18.2 Å². The molecule has 0 aliphatic heterocycles. The quantitative estimate of drug-likeness (QED) is 0.798. The molecule has 2 N–H and O–H groups in total. The Hall–Kier alpha value is -2.89. The largest absolute Gasteiger partial charge is 0.335 e. The summed E-state index contributed by atoms with van der Waals surface area (Å²) < 4.78 is 1.82. The molecule has 1 aliphatic rings. The first kappa shape index (κ1) is 19.4. The van der Waals surface area contributed by atoms with Crippen molar-refractivity contribution >= 4 is 11.9 Å². The standard InChI is InChI=1S/C17H23N5O4/c1-3-21-9-12(8-18)15(24)22(17(21)26)10-14(23)20-16(25)19-13-7-5-4-6-11(13)2/h9,11,13H,3-7,10H2,1-2H3,(H2,19,20,23,25)/t11-,13+/m1/s1. The average molecular weight is 361 g/mol. The summed E-state index contributed by atoms with van der Waals surface area (Å²) in [5.74, 6) is -0.459. The fourth-order valence-corrected chi connectivity index (χ4v) is 3.14. The highest BCUT2D eigenvalue weighted by molar-refractivity contribution is 5.94. The van der Waals surface area contributed by atoms with Gasteiger partial charge < -0.3 is 5.32 Å². The van der Waals surface area contributed by atoms with E-state index in [2.05, 4.69) is 10.6 Å². The zero-order valence-electron chi connectivity index (χ0n) is 14.9. The van der Waals surface area contributed by atoms with Gasteiger partial charge >= 0.3 is 11.7 Å². The molecule has 0 saturated heterocycles. The molecule has 9 nitrogen and oxygen atoms in total. The van der Waals surface area contributed by atoms with E-state index in [4.69, 9.17) is 5.26 Å². The van der Waals surface area contributed by atoms with Crippen molar-refractivity contribution in [3.8, 4) is 6.07 Å². The third-order valence-corrected chi connectivity index (χ3v) is 4.68. The van der Waals surface area contributed by atoms with Gasteiger partial charge in [-0.1, -0.05) is 19.8 Å². The van der Waals surface area contributed by atoms with Crippen LogP contribution in [0, 0.1) is 17.2 Å². The highest BCUT2D eigenvalue weighted by atomic mass is 16.2. The van der Waals surface area contributed by atoms with Gasteiger partial charge in [0, 0.05) is 18.8 Å². The summed E-state index contributed by atoms with van der Waals surface area (Å²) in [5, 5.41) is 13.9. The number of aromatic nitrogens is 2. The fourth-order valence-electron chi connectivity index (χ4n) is 3.14. The van der Waals surface area contributed by atoms with E-state index in [1.54, 1.807) is 13.0 Å². The van der Waals surface area contributed by atoms with Gasteiger partial charge in [-0.05, 0) is 25.7 Å². The molecule has 2 rings (SSSR count). The third kappa shape index (κ3) is 4.39. The summed E-state index contributed by atoms with van der Waals surface area (Å²) in [4.78, 5) is 48.4. The van der Waals surface area contributed by atoms with E-state index >= 15 is 0 Å². The van der Waals surface area contributed by atoms with Gasteiger partial charge in [0.2, 0.25) is 5.91 Å². The Kier molecular flexibility index (Phi) is 6.33. The minimum absolute atomic E-state index is 0.00138. The maximum atomic E-state index is 12.2. The number of carbonyl (C=O) groups excluding carboxylic acids is 2. The van der Waals surface area contributed by atoms with E-state index in [0.29, 0.717) is 10.5 Å². The molecule has 9 heteroatoms. The van der Waals surface area contributed by atoms with E-state index in [1.807, 2.05) is 6.92 Å². The summed E-state index contributed by atoms with van der Waals surface area (Å²) >= 11 is 0. The van der Waals surface area contributed by atoms with Crippen LogP contribution in [0.3, 0.4) is 0 Å². The topological polar surface area (TPSA) is 126 Å². The van der Waals surface area contributed by atoms with E-state index in [0.717, 1.165) is 36.4 Å². The van der Waals surface area contributed by atoms with Crippen LogP contribution in [0.4, 0.5) is 4.79 Å². The highest BCUT2D eigenvalue weighted by Gasteiger charge is 2.23. The van der Waals surface area contributed by atoms with Gasteiger partial charge in [-0.15, -0.1) is 0 Å². The van der Waals surface area contributed by atoms with Crippen LogP contribution in [0.2, 0.25) is 0 Å². The minimum atomic E-state index is -0.848. The van der Waals surface area contributed by atoms with E-state index in [1.165, 1.54) is 0 Å². The van der Waals surface area contributed by atoms with Gasteiger partial charge in [-0.3, -0.25) is 19.5 Å². The first-order valence-corrected chi connectivity index (χ1v) is 8.72. The van der Waals surface area contributed by atoms with Gasteiger partial charge in [0.05, 0.1) is 0 Å². The minimum Gasteiger partial charge on any atom is -0.335 e. The number of amides is 3. The smallest absolute Gasteiger partial charge is 0.331 e. The van der Waals surface area contributed by atoms with Crippen LogP contribution in [0.15, 0.2) is 15.8 Å². The number of hydrogen-bond donors (Lipinski definition) is 2. The van der Waals surface area contributed by atoms with Gasteiger partial charge in [-0.25, -0.2) is 14.2 Å². The molecule has 0 unspecified atom stereocenters. The van der Waals surface area contributed by atoms with Crippen molar-refractivity contribution in [1.29, 1.82) is 5.26 Å². The molecular weight excluding hydrogens is 338 g/mol. The predicted molar refractivity (Wildman–Crippen MR) is 93.4 cm³/mol. The normalized spacial score (nSPS) is 19.4. The van der Waals surface area contributed by atoms with Crippen molar-refractivity contribution in [2.45, 2.75) is 58.7 Å². The summed E-state index contributed by atoms with van der Waals surface area (Å²) in [6, 6.07) is 1.06. The monoisotopic (exact) mass is 361 g/mol. The number of imide groups is 1. The molecule has 1 saturated carbocycles. The van der Waals surface area contributed by atoms with Gasteiger partial charge in [-0.2, -0.15) is 5.26 Å². The lowest BCUT2D eigenvalue weighted by molar-refractivity contribution is -0.120. The predicted octanol–water partition coefficient (Wildman–Crippen LogP) is 0.306. The second-order valence-corrected chi connectivity index (χ2v) is 6.50. The number of nitriles is 1. The Morgan fingerprint density at radius 3 is 2.62 bits per heavy atom. The van der Waals surface area contributed by atoms with Crippen LogP contribution in [-0.2, 0) is 17.9 Å². The molecule has 1 aliphatic carbocycles. The molecule has 0 bridgehead atoms. The first-order chi connectivity index (χ1) is 12.4. The van der Waals surface area contributed by atoms with Crippen LogP contribution in [-0.4, -0.2) is 27.1 Å². The van der Waals surface area contributed by atoms with Crippen molar-refractivity contribution in [3.05, 3.63) is 32.6 Å². The average Bonchev–Trinajstić information content (AvgIpc) is 2.61. The Bertz CT molecular complexity index is 848. The van der Waals surface area contributed by atoms with Crippen LogP contribution in [0.25, 0.3) is 0 Å². The number of urea groups is 1. The molecule has 0 spiro atoms. The van der Waals surface area contributed by atoms with E-state index < -0.39 is 29.7 Å². The van der Waals surface area contributed by atoms with E-state index in [9.17, 15) is 19.2 Å². The molecule has 3 amide bonds. The SMILES string of the molecule is CCn1cc(C#N)c(=O)n(CC(=O)NC(=O)N[C@H]2CCCC[C@H]2C)c1=O. The Morgan fingerprint density at radius 1 is 1.31 bits per heavy atom. The summed E-state index contributed by atoms with van der Waals surface area (Å²) in [5.41, 5.74) is -1.79. The van der Waals surface area contributed by atoms with E-state index in [-0.39, 0.29) is 18.2 Å². The molecule has 0 aromatic carbocycles. The molecule has 1 aromatic rings. The number of nitrogens with zero attached hydrogens (tertiary/aromatic N) is 3. The fraction of sp³-hybridized carbons (Fsp3) is 0.588. The molecule has 1 aromatic heterocycles. The third-order valence-electron chi connectivity index (χ3n) is 4.68. The maximum absolute atomic E-state index is 12.2. The Labute approximate surface area is 150 Å². The van der Waals surface area contributed by atoms with Gasteiger partial charge in [0.15, 0.2) is 0 Å². The lowest BCUT2D eigenvalue weighted by Crippen LogP contribution is -2.50. The Morgan fingerprint density at radius 2 is 2.00 bits per heavy atom. The maximum Gasteiger partial charge on any atom is 0.331 e. The summed E-state index contributed by atoms with van der Waals surface area (Å²) in [6.07, 6.45) is 5.19. The lowest BCUT2D eigenvalue weighted by Gasteiger charge is -2.29. The Balaban J connectivity index is 2.08. The zero-order valence-corrected chi connectivity index (χ0v) is 14.9. The molecule has 2 atom stereocenters. The van der Waals surface area contributed by atoms with Crippen molar-refractivity contribution in [2.24, 2.45) is 5.92 Å². The first-order valence-electron chi connectivity index (χ1n) is 8.72. The summed E-state index contributed by atoms with van der Waals surface area (Å²) in [7, 11) is 0. The van der Waals surface area contributed by atoms with Gasteiger partial charge in [0.25, 0.3) is 5.56 Å². The number of rotatable bonds is 4. The lowest BCUT2D eigenvalue weighted by atomic mass is 9.86. The number of hydrogen-bond acceptors (Lipinski definition) is 5. The molecule has 26 heavy (non-hydrogen) atoms. The zero-order chi connectivity index (χ0) is 19.3.